The van der Waals surface area contributed by atoms with Crippen molar-refractivity contribution in [3.63, 3.8) is 0 Å². The van der Waals surface area contributed by atoms with Crippen LogP contribution in [0.3, 0.4) is 0 Å². The maximum Gasteiger partial charge on any atom is 0.415 e. The number of fused-ring (bicyclic) bond motifs is 1. The van der Waals surface area contributed by atoms with Crippen LogP contribution in [0.1, 0.15) is 11.1 Å². The van der Waals surface area contributed by atoms with Gasteiger partial charge in [0.1, 0.15) is 12.0 Å². The number of hydrogen-bond acceptors (Lipinski definition) is 7. The lowest BCUT2D eigenvalue weighted by Crippen LogP contribution is -2.36. The van der Waals surface area contributed by atoms with E-state index in [2.05, 4.69) is 19.4 Å². The number of ether oxygens (including phenoxy) is 2. The first kappa shape index (κ1) is 20.7. The Morgan fingerprint density at radius 3 is 2.87 bits per heavy atom. The molecule has 0 saturated carbocycles. The smallest absolute Gasteiger partial charge is 0.415 e. The van der Waals surface area contributed by atoms with Crippen LogP contribution in [-0.4, -0.2) is 32.2 Å². The average Bonchev–Trinajstić information content (AvgIpc) is 3.25. The van der Waals surface area contributed by atoms with Crippen LogP contribution in [0.5, 0.6) is 17.6 Å². The quantitative estimate of drug-likeness (QED) is 0.567. The second-order valence-corrected chi connectivity index (χ2v) is 7.37. The van der Waals surface area contributed by atoms with E-state index in [1.807, 2.05) is 0 Å². The zero-order chi connectivity index (χ0) is 22.0. The van der Waals surface area contributed by atoms with E-state index in [-0.39, 0.29) is 42.0 Å². The molecule has 1 aliphatic heterocycles. The van der Waals surface area contributed by atoms with Crippen molar-refractivity contribution in [3.05, 3.63) is 59.6 Å². The molecule has 0 aliphatic carbocycles. The molecule has 4 rings (SSSR count). The highest BCUT2D eigenvalue weighted by Gasteiger charge is 2.28. The van der Waals surface area contributed by atoms with Gasteiger partial charge in [-0.15, -0.1) is 0 Å². The lowest BCUT2D eigenvalue weighted by Gasteiger charge is -2.28. The number of oxazole rings is 1. The maximum atomic E-state index is 14.7. The molecule has 0 spiro atoms. The van der Waals surface area contributed by atoms with Gasteiger partial charge in [0.15, 0.2) is 34.4 Å². The Labute approximate surface area is 176 Å². The molecule has 0 bridgehead atoms. The molecule has 10 nitrogen and oxygen atoms in total. The van der Waals surface area contributed by atoms with E-state index >= 15 is 0 Å². The first-order valence-corrected chi connectivity index (χ1v) is 9.95. The van der Waals surface area contributed by atoms with Gasteiger partial charge in [-0.3, -0.25) is 9.62 Å². The molecule has 1 unspecified atom stereocenters. The summed E-state index contributed by atoms with van der Waals surface area (Å²) in [5.41, 5.74) is 0.469. The third-order valence-electron chi connectivity index (χ3n) is 4.24. The second-order valence-electron chi connectivity index (χ2n) is 6.22. The van der Waals surface area contributed by atoms with Gasteiger partial charge in [0.2, 0.25) is 0 Å². The van der Waals surface area contributed by atoms with Gasteiger partial charge in [0.25, 0.3) is 0 Å². The number of nitrogens with one attached hydrogen (secondary N) is 2. The summed E-state index contributed by atoms with van der Waals surface area (Å²) >= 11 is -1.73. The third kappa shape index (κ3) is 4.46. The standard InChI is InChI=1S/C18H15F2N5O5S/c1-21-31(27)24-16-15(20)10(2-3-22-16)8-25-9-11-6-12(19)14(7-13(11)30-18(25)26)29-17-23-4-5-28-17/h2-7,21H,8-9H2,1H3,(H,22,24). The summed E-state index contributed by atoms with van der Waals surface area (Å²) < 4.78 is 60.8. The van der Waals surface area contributed by atoms with Crippen LogP contribution in [0.2, 0.25) is 0 Å². The van der Waals surface area contributed by atoms with Crippen molar-refractivity contribution in [3.8, 4) is 17.6 Å². The molecule has 1 aromatic carbocycles. The summed E-state index contributed by atoms with van der Waals surface area (Å²) in [5, 5.41) is 0. The van der Waals surface area contributed by atoms with Crippen molar-refractivity contribution in [2.24, 2.45) is 0 Å². The van der Waals surface area contributed by atoms with Crippen LogP contribution in [0, 0.1) is 11.6 Å². The number of pyridine rings is 1. The molecule has 1 amide bonds. The molecule has 1 atom stereocenters. The van der Waals surface area contributed by atoms with E-state index in [0.29, 0.717) is 5.56 Å². The number of aromatic nitrogens is 2. The highest BCUT2D eigenvalue weighted by Crippen LogP contribution is 2.35. The van der Waals surface area contributed by atoms with E-state index < -0.39 is 28.9 Å². The van der Waals surface area contributed by atoms with E-state index in [1.165, 1.54) is 42.7 Å². The minimum atomic E-state index is -1.73. The molecule has 0 radical (unpaired) electrons. The topological polar surface area (TPSA) is 119 Å². The highest BCUT2D eigenvalue weighted by atomic mass is 32.2. The molecule has 1 aliphatic rings. The van der Waals surface area contributed by atoms with Crippen molar-refractivity contribution in [2.45, 2.75) is 13.1 Å². The van der Waals surface area contributed by atoms with Gasteiger partial charge in [-0.1, -0.05) is 0 Å². The summed E-state index contributed by atoms with van der Waals surface area (Å²) in [7, 11) is 1.42. The molecule has 3 aromatic rings. The summed E-state index contributed by atoms with van der Waals surface area (Å²) in [6.45, 7) is -0.207. The van der Waals surface area contributed by atoms with Crippen LogP contribution in [0.15, 0.2) is 41.3 Å². The van der Waals surface area contributed by atoms with Gasteiger partial charge < -0.3 is 13.9 Å². The number of halogens is 2. The number of rotatable bonds is 7. The summed E-state index contributed by atoms with van der Waals surface area (Å²) in [6.07, 6.45) is 2.98. The van der Waals surface area contributed by atoms with E-state index in [9.17, 15) is 17.8 Å². The fraction of sp³-hybridized carbons (Fsp3) is 0.167. The predicted molar refractivity (Wildman–Crippen MR) is 103 cm³/mol. The Bertz CT molecular complexity index is 1140. The van der Waals surface area contributed by atoms with Crippen LogP contribution in [0.25, 0.3) is 0 Å². The number of anilines is 1. The van der Waals surface area contributed by atoms with Gasteiger partial charge in [-0.2, -0.15) is 4.98 Å². The van der Waals surface area contributed by atoms with E-state index in [0.717, 1.165) is 6.07 Å². The molecule has 0 saturated heterocycles. The third-order valence-corrected chi connectivity index (χ3v) is 4.99. The average molecular weight is 451 g/mol. The SMILES string of the molecule is CNS(=O)Nc1nccc(CN2Cc3cc(F)c(Oc4ncco4)cc3OC2=O)c1F. The van der Waals surface area contributed by atoms with Crippen LogP contribution in [-0.2, 0) is 24.3 Å². The van der Waals surface area contributed by atoms with E-state index in [4.69, 9.17) is 13.9 Å². The van der Waals surface area contributed by atoms with Crippen molar-refractivity contribution < 1.29 is 31.7 Å². The number of carbonyl (C=O) groups excluding carboxylic acids is 1. The largest absolute Gasteiger partial charge is 0.417 e. The minimum absolute atomic E-state index is 0.0304. The minimum Gasteiger partial charge on any atom is -0.417 e. The normalized spacial score (nSPS) is 14.0. The van der Waals surface area contributed by atoms with Gasteiger partial charge in [-0.05, 0) is 19.2 Å². The Hall–Kier alpha value is -3.58. The fourth-order valence-electron chi connectivity index (χ4n) is 2.80. The molecule has 3 heterocycles. The van der Waals surface area contributed by atoms with Gasteiger partial charge in [0.05, 0.1) is 19.3 Å². The fourth-order valence-corrected chi connectivity index (χ4v) is 3.22. The molecule has 31 heavy (non-hydrogen) atoms. The van der Waals surface area contributed by atoms with Crippen LogP contribution in [0.4, 0.5) is 19.4 Å². The van der Waals surface area contributed by atoms with Crippen molar-refractivity contribution in [1.82, 2.24) is 19.6 Å². The molecule has 2 aromatic heterocycles. The lowest BCUT2D eigenvalue weighted by molar-refractivity contribution is 0.134. The van der Waals surface area contributed by atoms with Gasteiger partial charge >= 0.3 is 12.2 Å². The highest BCUT2D eigenvalue weighted by molar-refractivity contribution is 7.84. The first-order valence-electron chi connectivity index (χ1n) is 8.80. The Morgan fingerprint density at radius 2 is 2.13 bits per heavy atom. The monoisotopic (exact) mass is 451 g/mol. The molecule has 0 fully saturated rings. The zero-order valence-corrected chi connectivity index (χ0v) is 16.7. The maximum absolute atomic E-state index is 14.7. The van der Waals surface area contributed by atoms with Crippen molar-refractivity contribution in [1.29, 1.82) is 0 Å². The lowest BCUT2D eigenvalue weighted by atomic mass is 10.1. The number of nitrogens with zero attached hydrogens (tertiary/aromatic N) is 3. The van der Waals surface area contributed by atoms with Crippen molar-refractivity contribution >= 4 is 23.1 Å². The zero-order valence-electron chi connectivity index (χ0n) is 15.9. The molecule has 162 valence electrons. The summed E-state index contributed by atoms with van der Waals surface area (Å²) in [5.74, 6) is -1.85. The van der Waals surface area contributed by atoms with Crippen molar-refractivity contribution in [2.75, 3.05) is 11.8 Å². The Balaban J connectivity index is 1.53. The number of amides is 1. The van der Waals surface area contributed by atoms with Crippen LogP contribution < -0.4 is 18.9 Å². The number of benzene rings is 1. The Kier molecular flexibility index (Phi) is 5.77. The number of carbonyl (C=O) groups is 1. The second kappa shape index (κ2) is 8.65. The summed E-state index contributed by atoms with van der Waals surface area (Å²) in [4.78, 5) is 21.1. The van der Waals surface area contributed by atoms with Gasteiger partial charge in [-0.25, -0.2) is 27.5 Å². The van der Waals surface area contributed by atoms with Gasteiger partial charge in [0, 0.05) is 23.4 Å². The van der Waals surface area contributed by atoms with Crippen LogP contribution >= 0.6 is 0 Å². The first-order chi connectivity index (χ1) is 14.9. The predicted octanol–water partition coefficient (Wildman–Crippen LogP) is 2.86. The van der Waals surface area contributed by atoms with E-state index in [1.54, 1.807) is 0 Å². The molecule has 2 N–H and O–H groups in total. The molecular weight excluding hydrogens is 436 g/mol. The molecule has 13 heteroatoms. The Morgan fingerprint density at radius 1 is 1.29 bits per heavy atom. The number of hydrogen-bond donors (Lipinski definition) is 2. The summed E-state index contributed by atoms with van der Waals surface area (Å²) in [6, 6.07) is 3.74. The molecular formula is C18H15F2N5O5S.